The standard InChI is InChI=1S/C24H27F2N3O3S2/c1-14(16-11-18(25)22(19(26)12-16)29-34(5,31)32)27-23(30)20-13-33-21(28-20)10-15-6-8-17(9-7-15)24(2,3)4/h6-9,11-14,29H,10H2,1-5H3,(H,27,30). The average Bonchev–Trinajstić information content (AvgIpc) is 3.18. The molecule has 1 atom stereocenters. The molecule has 182 valence electrons. The number of carbonyl (C=O) groups excluding carboxylic acids is 1. The molecule has 0 aliphatic carbocycles. The number of anilines is 1. The van der Waals surface area contributed by atoms with Crippen molar-refractivity contribution in [2.24, 2.45) is 0 Å². The Morgan fingerprint density at radius 2 is 1.71 bits per heavy atom. The van der Waals surface area contributed by atoms with Crippen molar-refractivity contribution >= 4 is 33.0 Å². The van der Waals surface area contributed by atoms with Crippen LogP contribution >= 0.6 is 11.3 Å². The van der Waals surface area contributed by atoms with Gasteiger partial charge in [-0.3, -0.25) is 9.52 Å². The Hall–Kier alpha value is -2.85. The highest BCUT2D eigenvalue weighted by Gasteiger charge is 2.20. The molecule has 0 aliphatic heterocycles. The van der Waals surface area contributed by atoms with Gasteiger partial charge in [-0.25, -0.2) is 22.2 Å². The van der Waals surface area contributed by atoms with Crippen LogP contribution in [0.3, 0.4) is 0 Å². The quantitative estimate of drug-likeness (QED) is 0.462. The van der Waals surface area contributed by atoms with Gasteiger partial charge in [-0.2, -0.15) is 0 Å². The normalized spacial score (nSPS) is 12.9. The SMILES string of the molecule is CC(NC(=O)c1csc(Cc2ccc(C(C)(C)C)cc2)n1)c1cc(F)c(NS(C)(=O)=O)c(F)c1. The summed E-state index contributed by atoms with van der Waals surface area (Å²) in [7, 11) is -3.85. The summed E-state index contributed by atoms with van der Waals surface area (Å²) >= 11 is 1.36. The number of sulfonamides is 1. The van der Waals surface area contributed by atoms with Crippen molar-refractivity contribution in [1.82, 2.24) is 10.3 Å². The Labute approximate surface area is 202 Å². The Balaban J connectivity index is 1.67. The number of rotatable bonds is 7. The summed E-state index contributed by atoms with van der Waals surface area (Å²) in [5.74, 6) is -2.62. The van der Waals surface area contributed by atoms with Crippen LogP contribution < -0.4 is 10.0 Å². The number of hydrogen-bond acceptors (Lipinski definition) is 5. The smallest absolute Gasteiger partial charge is 0.271 e. The third-order valence-corrected chi connectivity index (χ3v) is 6.58. The molecule has 3 aromatic rings. The number of aromatic nitrogens is 1. The molecule has 1 heterocycles. The fraction of sp³-hybridized carbons (Fsp3) is 0.333. The number of nitrogens with zero attached hydrogens (tertiary/aromatic N) is 1. The number of carbonyl (C=O) groups is 1. The van der Waals surface area contributed by atoms with Crippen LogP contribution in [0.4, 0.5) is 14.5 Å². The van der Waals surface area contributed by atoms with Crippen LogP contribution in [0.5, 0.6) is 0 Å². The Morgan fingerprint density at radius 1 is 1.12 bits per heavy atom. The minimum atomic E-state index is -3.85. The van der Waals surface area contributed by atoms with Gasteiger partial charge >= 0.3 is 0 Å². The molecule has 1 unspecified atom stereocenters. The van der Waals surface area contributed by atoms with Crippen LogP contribution in [0.1, 0.15) is 65.9 Å². The van der Waals surface area contributed by atoms with E-state index in [4.69, 9.17) is 0 Å². The van der Waals surface area contributed by atoms with Gasteiger partial charge in [-0.15, -0.1) is 11.3 Å². The van der Waals surface area contributed by atoms with E-state index in [0.29, 0.717) is 6.42 Å². The second kappa shape index (κ2) is 9.79. The summed E-state index contributed by atoms with van der Waals surface area (Å²) in [6.45, 7) is 8.02. The molecule has 0 bridgehead atoms. The number of nitrogens with one attached hydrogen (secondary N) is 2. The van der Waals surface area contributed by atoms with E-state index in [1.165, 1.54) is 16.9 Å². The molecule has 34 heavy (non-hydrogen) atoms. The molecule has 0 fully saturated rings. The number of thiazole rings is 1. The highest BCUT2D eigenvalue weighted by molar-refractivity contribution is 7.92. The van der Waals surface area contributed by atoms with Crippen molar-refractivity contribution in [3.63, 3.8) is 0 Å². The van der Waals surface area contributed by atoms with Crippen molar-refractivity contribution in [3.05, 3.63) is 80.8 Å². The molecule has 0 radical (unpaired) electrons. The van der Waals surface area contributed by atoms with E-state index in [1.54, 1.807) is 12.3 Å². The maximum atomic E-state index is 14.3. The zero-order valence-corrected chi connectivity index (χ0v) is 21.2. The maximum Gasteiger partial charge on any atom is 0.271 e. The molecular weight excluding hydrogens is 480 g/mol. The van der Waals surface area contributed by atoms with E-state index in [1.807, 2.05) is 4.72 Å². The highest BCUT2D eigenvalue weighted by atomic mass is 32.2. The first kappa shape index (κ1) is 25.8. The van der Waals surface area contributed by atoms with Crippen molar-refractivity contribution in [1.29, 1.82) is 0 Å². The predicted octanol–water partition coefficient (Wildman–Crippen LogP) is 5.17. The third-order valence-electron chi connectivity index (χ3n) is 5.16. The molecule has 0 saturated heterocycles. The Morgan fingerprint density at radius 3 is 2.24 bits per heavy atom. The average molecular weight is 508 g/mol. The predicted molar refractivity (Wildman–Crippen MR) is 131 cm³/mol. The summed E-state index contributed by atoms with van der Waals surface area (Å²) in [4.78, 5) is 17.0. The lowest BCUT2D eigenvalue weighted by Gasteiger charge is -2.19. The number of amides is 1. The van der Waals surface area contributed by atoms with E-state index < -0.39 is 39.3 Å². The van der Waals surface area contributed by atoms with Crippen molar-refractivity contribution in [2.75, 3.05) is 11.0 Å². The first-order valence-electron chi connectivity index (χ1n) is 10.5. The van der Waals surface area contributed by atoms with Gasteiger partial charge in [0.1, 0.15) is 11.4 Å². The fourth-order valence-electron chi connectivity index (χ4n) is 3.27. The topological polar surface area (TPSA) is 88.2 Å². The van der Waals surface area contributed by atoms with E-state index in [2.05, 4.69) is 55.3 Å². The molecule has 3 rings (SSSR count). The molecule has 0 spiro atoms. The van der Waals surface area contributed by atoms with E-state index in [-0.39, 0.29) is 16.7 Å². The second-order valence-electron chi connectivity index (χ2n) is 9.18. The van der Waals surface area contributed by atoms with Crippen LogP contribution in [0, 0.1) is 11.6 Å². The fourth-order valence-corrected chi connectivity index (χ4v) is 4.65. The van der Waals surface area contributed by atoms with E-state index in [9.17, 15) is 22.0 Å². The zero-order valence-electron chi connectivity index (χ0n) is 19.6. The van der Waals surface area contributed by atoms with Gasteiger partial charge in [0.05, 0.1) is 17.3 Å². The molecule has 10 heteroatoms. The Kier molecular flexibility index (Phi) is 7.42. The highest BCUT2D eigenvalue weighted by Crippen LogP contribution is 2.26. The van der Waals surface area contributed by atoms with Crippen LogP contribution in [-0.2, 0) is 21.9 Å². The van der Waals surface area contributed by atoms with Gasteiger partial charge in [0.2, 0.25) is 10.0 Å². The van der Waals surface area contributed by atoms with Gasteiger partial charge in [0, 0.05) is 11.8 Å². The number of benzene rings is 2. The van der Waals surface area contributed by atoms with Crippen molar-refractivity contribution < 1.29 is 22.0 Å². The minimum absolute atomic E-state index is 0.0675. The van der Waals surface area contributed by atoms with Crippen molar-refractivity contribution in [2.45, 2.75) is 45.6 Å². The van der Waals surface area contributed by atoms with Crippen molar-refractivity contribution in [3.8, 4) is 0 Å². The van der Waals surface area contributed by atoms with Crippen LogP contribution in [0.2, 0.25) is 0 Å². The maximum absolute atomic E-state index is 14.3. The van der Waals surface area contributed by atoms with E-state index >= 15 is 0 Å². The lowest BCUT2D eigenvalue weighted by Crippen LogP contribution is -2.27. The van der Waals surface area contributed by atoms with Crippen LogP contribution in [0.25, 0.3) is 0 Å². The molecule has 2 aromatic carbocycles. The molecule has 6 nitrogen and oxygen atoms in total. The van der Waals surface area contributed by atoms with Gasteiger partial charge in [-0.05, 0) is 41.2 Å². The third kappa shape index (κ3) is 6.60. The first-order valence-corrected chi connectivity index (χ1v) is 13.3. The lowest BCUT2D eigenvalue weighted by molar-refractivity contribution is 0.0935. The summed E-state index contributed by atoms with van der Waals surface area (Å²) < 4.78 is 52.9. The van der Waals surface area contributed by atoms with Crippen LogP contribution in [-0.4, -0.2) is 25.6 Å². The molecule has 2 N–H and O–H groups in total. The largest absolute Gasteiger partial charge is 0.344 e. The van der Waals surface area contributed by atoms with Gasteiger partial charge in [0.25, 0.3) is 5.91 Å². The summed E-state index contributed by atoms with van der Waals surface area (Å²) in [6.07, 6.45) is 1.38. The molecule has 1 aromatic heterocycles. The minimum Gasteiger partial charge on any atom is -0.344 e. The number of halogens is 2. The molecule has 0 saturated carbocycles. The molecule has 0 aliphatic rings. The summed E-state index contributed by atoms with van der Waals surface area (Å²) in [5, 5.41) is 5.08. The zero-order chi connectivity index (χ0) is 25.3. The monoisotopic (exact) mass is 507 g/mol. The second-order valence-corrected chi connectivity index (χ2v) is 11.9. The molecule has 1 amide bonds. The van der Waals surface area contributed by atoms with Gasteiger partial charge in [-0.1, -0.05) is 45.0 Å². The Bertz CT molecular complexity index is 1270. The van der Waals surface area contributed by atoms with Gasteiger partial charge < -0.3 is 5.32 Å². The number of hydrogen-bond donors (Lipinski definition) is 2. The summed E-state index contributed by atoms with van der Waals surface area (Å²) in [5.41, 5.74) is 1.99. The van der Waals surface area contributed by atoms with E-state index in [0.717, 1.165) is 29.0 Å². The first-order chi connectivity index (χ1) is 15.7. The van der Waals surface area contributed by atoms with Gasteiger partial charge in [0.15, 0.2) is 11.6 Å². The summed E-state index contributed by atoms with van der Waals surface area (Å²) in [6, 6.07) is 9.51. The molecular formula is C24H27F2N3O3S2. The lowest BCUT2D eigenvalue weighted by atomic mass is 9.86. The van der Waals surface area contributed by atoms with Crippen LogP contribution in [0.15, 0.2) is 41.8 Å².